The highest BCUT2D eigenvalue weighted by molar-refractivity contribution is 7.15. The molecule has 0 spiro atoms. The van der Waals surface area contributed by atoms with Crippen LogP contribution in [-0.4, -0.2) is 37.0 Å². The topological polar surface area (TPSA) is 92.4 Å². The maximum absolute atomic E-state index is 6.03. The van der Waals surface area contributed by atoms with Gasteiger partial charge < -0.3 is 4.74 Å². The zero-order chi connectivity index (χ0) is 18.5. The van der Waals surface area contributed by atoms with Crippen LogP contribution in [0.15, 0.2) is 30.6 Å². The lowest BCUT2D eigenvalue weighted by Crippen LogP contribution is -1.97. The molecular formula is C20H18N6OS. The summed E-state index contributed by atoms with van der Waals surface area (Å²) in [5, 5.41) is 15.2. The van der Waals surface area contributed by atoms with E-state index in [9.17, 15) is 0 Å². The molecule has 0 radical (unpaired) electrons. The van der Waals surface area contributed by atoms with Crippen LogP contribution in [0.2, 0.25) is 0 Å². The Morgan fingerprint density at radius 3 is 3.00 bits per heavy atom. The first-order chi connectivity index (χ1) is 13.8. The van der Waals surface area contributed by atoms with Crippen molar-refractivity contribution in [3.8, 4) is 39.0 Å². The number of benzene rings is 1. The van der Waals surface area contributed by atoms with Crippen molar-refractivity contribution in [3.63, 3.8) is 0 Å². The summed E-state index contributed by atoms with van der Waals surface area (Å²) in [6.45, 7) is 0.639. The fourth-order valence-electron chi connectivity index (χ4n) is 3.58. The van der Waals surface area contributed by atoms with Crippen molar-refractivity contribution in [2.24, 2.45) is 5.92 Å². The van der Waals surface area contributed by atoms with Crippen molar-refractivity contribution in [2.45, 2.75) is 25.7 Å². The smallest absolute Gasteiger partial charge is 0.184 e. The minimum atomic E-state index is 0.639. The minimum Gasteiger partial charge on any atom is -0.492 e. The van der Waals surface area contributed by atoms with Crippen LogP contribution in [0.25, 0.3) is 33.2 Å². The van der Waals surface area contributed by atoms with Gasteiger partial charge in [0.1, 0.15) is 5.75 Å². The van der Waals surface area contributed by atoms with Crippen molar-refractivity contribution in [2.75, 3.05) is 6.61 Å². The van der Waals surface area contributed by atoms with Gasteiger partial charge in [0.25, 0.3) is 0 Å². The van der Waals surface area contributed by atoms with Gasteiger partial charge in [0, 0.05) is 35.0 Å². The normalized spacial score (nSPS) is 15.6. The first-order valence-corrected chi connectivity index (χ1v) is 10.3. The molecule has 1 aliphatic heterocycles. The first kappa shape index (κ1) is 16.0. The summed E-state index contributed by atoms with van der Waals surface area (Å²) < 4.78 is 6.03. The Hall–Kier alpha value is -3.00. The third-order valence-corrected chi connectivity index (χ3v) is 6.38. The summed E-state index contributed by atoms with van der Waals surface area (Å²) >= 11 is 1.68. The van der Waals surface area contributed by atoms with E-state index in [1.54, 1.807) is 11.3 Å². The van der Waals surface area contributed by atoms with Gasteiger partial charge in [0.05, 0.1) is 18.5 Å². The van der Waals surface area contributed by atoms with E-state index in [2.05, 4.69) is 43.6 Å². The highest BCUT2D eigenvalue weighted by atomic mass is 32.1. The lowest BCUT2D eigenvalue weighted by molar-refractivity contribution is 0.327. The summed E-state index contributed by atoms with van der Waals surface area (Å²) in [4.78, 5) is 10.8. The fraction of sp³-hybridized carbons (Fsp3) is 0.300. The van der Waals surface area contributed by atoms with Crippen molar-refractivity contribution in [1.82, 2.24) is 30.4 Å². The van der Waals surface area contributed by atoms with Crippen LogP contribution in [-0.2, 0) is 12.8 Å². The highest BCUT2D eigenvalue weighted by Crippen LogP contribution is 2.41. The lowest BCUT2D eigenvalue weighted by Gasteiger charge is -2.08. The number of aromatic nitrogens is 6. The Bertz CT molecular complexity index is 1140. The van der Waals surface area contributed by atoms with Crippen molar-refractivity contribution >= 4 is 11.3 Å². The van der Waals surface area contributed by atoms with E-state index in [1.807, 2.05) is 12.4 Å². The molecule has 140 valence electrons. The van der Waals surface area contributed by atoms with E-state index in [-0.39, 0.29) is 0 Å². The molecule has 3 aromatic heterocycles. The van der Waals surface area contributed by atoms with E-state index in [4.69, 9.17) is 9.72 Å². The number of ether oxygens (including phenoxy) is 1. The van der Waals surface area contributed by atoms with Gasteiger partial charge in [-0.1, -0.05) is 6.07 Å². The second kappa shape index (κ2) is 6.27. The zero-order valence-corrected chi connectivity index (χ0v) is 15.9. The molecule has 7 nitrogen and oxygen atoms in total. The lowest BCUT2D eigenvalue weighted by atomic mass is 10.0. The number of nitrogens with one attached hydrogen (secondary N) is 2. The Balaban J connectivity index is 1.37. The molecule has 0 amide bonds. The Morgan fingerprint density at radius 2 is 2.14 bits per heavy atom. The van der Waals surface area contributed by atoms with Gasteiger partial charge in [-0.15, -0.1) is 11.3 Å². The molecule has 1 aromatic carbocycles. The number of rotatable bonds is 4. The summed E-state index contributed by atoms with van der Waals surface area (Å²) in [7, 11) is 0. The molecule has 28 heavy (non-hydrogen) atoms. The summed E-state index contributed by atoms with van der Waals surface area (Å²) in [6, 6.07) is 6.24. The summed E-state index contributed by atoms with van der Waals surface area (Å²) in [5.41, 5.74) is 4.14. The van der Waals surface area contributed by atoms with Gasteiger partial charge in [-0.2, -0.15) is 10.2 Å². The maximum atomic E-state index is 6.03. The molecule has 1 aliphatic carbocycles. The van der Waals surface area contributed by atoms with E-state index in [1.165, 1.54) is 17.7 Å². The van der Waals surface area contributed by atoms with Crippen molar-refractivity contribution in [1.29, 1.82) is 0 Å². The van der Waals surface area contributed by atoms with Crippen LogP contribution >= 0.6 is 11.3 Å². The average molecular weight is 390 g/mol. The van der Waals surface area contributed by atoms with Crippen LogP contribution in [0.3, 0.4) is 0 Å². The Labute approximate surface area is 165 Å². The van der Waals surface area contributed by atoms with Gasteiger partial charge in [0.15, 0.2) is 16.7 Å². The van der Waals surface area contributed by atoms with Crippen LogP contribution in [0.5, 0.6) is 5.75 Å². The van der Waals surface area contributed by atoms with Crippen LogP contribution in [0.4, 0.5) is 0 Å². The molecule has 0 unspecified atom stereocenters. The van der Waals surface area contributed by atoms with Gasteiger partial charge in [-0.05, 0) is 36.5 Å². The average Bonchev–Trinajstić information content (AvgIpc) is 3.12. The number of fused-ring (bicyclic) bond motifs is 3. The number of aromatic amines is 2. The SMILES string of the molecule is c1cc2c(cc1-c1cn[nH]c1)OCCc1sc(-c3nc(CC4CC4)n[nH]3)nc1-2. The van der Waals surface area contributed by atoms with Crippen molar-refractivity contribution in [3.05, 3.63) is 41.3 Å². The number of hydrogen-bond donors (Lipinski definition) is 2. The van der Waals surface area contributed by atoms with E-state index < -0.39 is 0 Å². The molecule has 1 fully saturated rings. The third kappa shape index (κ3) is 2.80. The molecule has 4 heterocycles. The van der Waals surface area contributed by atoms with Crippen molar-refractivity contribution < 1.29 is 4.74 Å². The van der Waals surface area contributed by atoms with Crippen LogP contribution < -0.4 is 4.74 Å². The molecular weight excluding hydrogens is 372 g/mol. The molecule has 4 aromatic rings. The molecule has 2 N–H and O–H groups in total. The largest absolute Gasteiger partial charge is 0.492 e. The minimum absolute atomic E-state index is 0.639. The van der Waals surface area contributed by atoms with Gasteiger partial charge >= 0.3 is 0 Å². The monoisotopic (exact) mass is 390 g/mol. The molecule has 2 aliphatic rings. The Kier molecular flexibility index (Phi) is 3.58. The maximum Gasteiger partial charge on any atom is 0.184 e. The number of nitrogens with zero attached hydrogens (tertiary/aromatic N) is 4. The second-order valence-electron chi connectivity index (χ2n) is 7.33. The quantitative estimate of drug-likeness (QED) is 0.552. The van der Waals surface area contributed by atoms with Gasteiger partial charge in [0.2, 0.25) is 0 Å². The summed E-state index contributed by atoms with van der Waals surface area (Å²) in [6.07, 6.45) is 8.10. The van der Waals surface area contributed by atoms with E-state index in [0.717, 1.165) is 63.5 Å². The van der Waals surface area contributed by atoms with E-state index in [0.29, 0.717) is 6.61 Å². The molecule has 0 atom stereocenters. The predicted molar refractivity (Wildman–Crippen MR) is 106 cm³/mol. The molecule has 6 rings (SSSR count). The van der Waals surface area contributed by atoms with Crippen LogP contribution in [0, 0.1) is 5.92 Å². The zero-order valence-electron chi connectivity index (χ0n) is 15.1. The van der Waals surface area contributed by atoms with Gasteiger partial charge in [-0.3, -0.25) is 10.2 Å². The Morgan fingerprint density at radius 1 is 1.18 bits per heavy atom. The number of H-pyrrole nitrogens is 2. The standard InChI is InChI=1S/C20H18N6OS/c1-2-11(1)7-17-23-19(26-25-17)20-24-18-14-4-3-12(13-9-21-22-10-13)8-15(14)27-6-5-16(18)28-20/h3-4,8-11H,1-2,5-7H2,(H,21,22)(H,23,25,26). The molecule has 0 bridgehead atoms. The van der Waals surface area contributed by atoms with Gasteiger partial charge in [-0.25, -0.2) is 9.97 Å². The second-order valence-corrected chi connectivity index (χ2v) is 8.42. The first-order valence-electron chi connectivity index (χ1n) is 9.51. The fourth-order valence-corrected chi connectivity index (χ4v) is 4.57. The molecule has 0 saturated heterocycles. The van der Waals surface area contributed by atoms with Crippen LogP contribution in [0.1, 0.15) is 23.5 Å². The number of hydrogen-bond acceptors (Lipinski definition) is 6. The molecule has 8 heteroatoms. The molecule has 1 saturated carbocycles. The third-order valence-electron chi connectivity index (χ3n) is 5.25. The highest BCUT2D eigenvalue weighted by Gasteiger charge is 2.25. The number of thiazole rings is 1. The predicted octanol–water partition coefficient (Wildman–Crippen LogP) is 3.87. The van der Waals surface area contributed by atoms with E-state index >= 15 is 0 Å². The summed E-state index contributed by atoms with van der Waals surface area (Å²) in [5.74, 6) is 3.30.